The first-order valence-corrected chi connectivity index (χ1v) is 13.1. The molecule has 1 heterocycles. The number of nitriles is 1. The van der Waals surface area contributed by atoms with Crippen molar-refractivity contribution in [2.45, 2.75) is 12.8 Å². The topological polar surface area (TPSA) is 109 Å². The van der Waals surface area contributed by atoms with Gasteiger partial charge in [0.1, 0.15) is 23.5 Å². The molecule has 7 nitrogen and oxygen atoms in total. The molecule has 0 aliphatic heterocycles. The van der Waals surface area contributed by atoms with E-state index in [1.54, 1.807) is 18.2 Å². The molecule has 40 heavy (non-hydrogen) atoms. The first kappa shape index (κ1) is 26.8. The van der Waals surface area contributed by atoms with E-state index in [9.17, 15) is 5.26 Å². The number of nitrogen functional groups attached to an aromatic ring is 1. The molecule has 4 aromatic carbocycles. The van der Waals surface area contributed by atoms with Crippen LogP contribution in [0.25, 0.3) is 0 Å². The summed E-state index contributed by atoms with van der Waals surface area (Å²) in [5, 5.41) is 17.4. The first-order chi connectivity index (χ1) is 19.4. The van der Waals surface area contributed by atoms with E-state index in [2.05, 4.69) is 26.7 Å². The molecule has 9 heteroatoms. The monoisotopic (exact) mass is 566 g/mol. The van der Waals surface area contributed by atoms with E-state index >= 15 is 0 Å². The van der Waals surface area contributed by atoms with E-state index < -0.39 is 5.92 Å². The van der Waals surface area contributed by atoms with Gasteiger partial charge in [-0.15, -0.1) is 0 Å². The molecule has 0 aliphatic carbocycles. The van der Waals surface area contributed by atoms with Crippen LogP contribution in [0.3, 0.4) is 0 Å². The molecule has 5 aromatic rings. The van der Waals surface area contributed by atoms with Crippen molar-refractivity contribution in [3.63, 3.8) is 0 Å². The van der Waals surface area contributed by atoms with Crippen LogP contribution >= 0.6 is 23.2 Å². The number of ether oxygens (including phenoxy) is 1. The minimum atomic E-state index is -0.540. The molecular formula is C31H24Cl2N6O. The van der Waals surface area contributed by atoms with Crippen molar-refractivity contribution in [3.8, 4) is 17.6 Å². The number of anilines is 5. The first-order valence-electron chi connectivity index (χ1n) is 12.3. The highest BCUT2D eigenvalue weighted by atomic mass is 35.5. The second-order valence-electron chi connectivity index (χ2n) is 8.98. The fraction of sp³-hybridized carbons (Fsp3) is 0.0645. The van der Waals surface area contributed by atoms with Gasteiger partial charge in [-0.1, -0.05) is 59.6 Å². The van der Waals surface area contributed by atoms with Crippen molar-refractivity contribution in [1.82, 2.24) is 9.97 Å². The molecule has 1 atom stereocenters. The lowest BCUT2D eigenvalue weighted by atomic mass is 9.91. The summed E-state index contributed by atoms with van der Waals surface area (Å²) in [5.41, 5.74) is 10.6. The average molecular weight is 567 g/mol. The van der Waals surface area contributed by atoms with Crippen LogP contribution in [0.5, 0.6) is 11.5 Å². The van der Waals surface area contributed by atoms with Crippen LogP contribution < -0.4 is 21.1 Å². The molecule has 0 amide bonds. The van der Waals surface area contributed by atoms with E-state index in [4.69, 9.17) is 33.7 Å². The van der Waals surface area contributed by atoms with Gasteiger partial charge in [-0.05, 0) is 78.2 Å². The largest absolute Gasteiger partial charge is 0.457 e. The van der Waals surface area contributed by atoms with Crippen LogP contribution in [0.15, 0.2) is 97.3 Å². The summed E-state index contributed by atoms with van der Waals surface area (Å²) in [6.45, 7) is 1.92. The molecule has 0 fully saturated rings. The molecule has 0 spiro atoms. The van der Waals surface area contributed by atoms with Crippen molar-refractivity contribution in [3.05, 3.63) is 124 Å². The maximum Gasteiger partial charge on any atom is 0.159 e. The van der Waals surface area contributed by atoms with Crippen molar-refractivity contribution < 1.29 is 4.74 Å². The van der Waals surface area contributed by atoms with Crippen molar-refractivity contribution >= 4 is 51.9 Å². The Labute approximate surface area is 242 Å². The third kappa shape index (κ3) is 6.10. The number of aromatic nitrogens is 2. The van der Waals surface area contributed by atoms with E-state index in [-0.39, 0.29) is 0 Å². The number of hydrogen-bond acceptors (Lipinski definition) is 7. The van der Waals surface area contributed by atoms with Crippen molar-refractivity contribution in [2.24, 2.45) is 0 Å². The van der Waals surface area contributed by atoms with Crippen LogP contribution in [0.1, 0.15) is 22.6 Å². The predicted molar refractivity (Wildman–Crippen MR) is 161 cm³/mol. The van der Waals surface area contributed by atoms with Crippen LogP contribution in [0.2, 0.25) is 10.0 Å². The van der Waals surface area contributed by atoms with E-state index in [1.165, 1.54) is 6.33 Å². The highest BCUT2D eigenvalue weighted by Crippen LogP contribution is 2.36. The van der Waals surface area contributed by atoms with Gasteiger partial charge in [-0.3, -0.25) is 0 Å². The summed E-state index contributed by atoms with van der Waals surface area (Å²) in [4.78, 5) is 8.63. The van der Waals surface area contributed by atoms with Gasteiger partial charge in [0, 0.05) is 21.4 Å². The summed E-state index contributed by atoms with van der Waals surface area (Å²) in [7, 11) is 0. The minimum Gasteiger partial charge on any atom is -0.457 e. The maximum absolute atomic E-state index is 9.89. The van der Waals surface area contributed by atoms with Crippen LogP contribution in [-0.4, -0.2) is 9.97 Å². The van der Waals surface area contributed by atoms with Gasteiger partial charge >= 0.3 is 0 Å². The Balaban J connectivity index is 1.33. The number of halogens is 2. The summed E-state index contributed by atoms with van der Waals surface area (Å²) < 4.78 is 5.85. The van der Waals surface area contributed by atoms with Gasteiger partial charge in [-0.25, -0.2) is 9.97 Å². The third-order valence-corrected chi connectivity index (χ3v) is 6.80. The van der Waals surface area contributed by atoms with Gasteiger partial charge in [-0.2, -0.15) is 5.26 Å². The van der Waals surface area contributed by atoms with Crippen molar-refractivity contribution in [1.29, 1.82) is 5.26 Å². The average Bonchev–Trinajstić information content (AvgIpc) is 2.96. The Morgan fingerprint density at radius 3 is 2.17 bits per heavy atom. The molecule has 4 N–H and O–H groups in total. The standard InChI is InChI=1S/C31H24Cl2N6O/c1-19-15-25(26(17-34)20-7-9-21(32)10-8-20)27(33)16-28(19)39-31-29(35)30(36-18-37-31)38-22-11-13-24(14-12-22)40-23-5-3-2-4-6-23/h2-16,18,26H,35H2,1H3,(H2,36,37,38,39). The Hall–Kier alpha value is -4.77. The van der Waals surface area contributed by atoms with Crippen LogP contribution in [0, 0.1) is 18.3 Å². The highest BCUT2D eigenvalue weighted by Gasteiger charge is 2.19. The lowest BCUT2D eigenvalue weighted by Crippen LogP contribution is -2.06. The second kappa shape index (κ2) is 12.0. The number of aryl methyl sites for hydroxylation is 1. The molecular weight excluding hydrogens is 543 g/mol. The number of nitrogens with two attached hydrogens (primary N) is 1. The van der Waals surface area contributed by atoms with Crippen LogP contribution in [-0.2, 0) is 0 Å². The number of rotatable bonds is 8. The van der Waals surface area contributed by atoms with E-state index in [0.29, 0.717) is 44.4 Å². The second-order valence-corrected chi connectivity index (χ2v) is 9.82. The zero-order valence-electron chi connectivity index (χ0n) is 21.4. The van der Waals surface area contributed by atoms with Gasteiger partial charge in [0.25, 0.3) is 0 Å². The molecule has 5 rings (SSSR count). The zero-order chi connectivity index (χ0) is 28.1. The number of para-hydroxylation sites is 1. The Kier molecular flexibility index (Phi) is 8.02. The number of hydrogen-bond donors (Lipinski definition) is 3. The SMILES string of the molecule is Cc1cc(C(C#N)c2ccc(Cl)cc2)c(Cl)cc1Nc1ncnc(Nc2ccc(Oc3ccccc3)cc2)c1N. The molecule has 0 saturated carbocycles. The molecule has 1 unspecified atom stereocenters. The third-order valence-electron chi connectivity index (χ3n) is 6.22. The van der Waals surface area contributed by atoms with Gasteiger partial charge in [0.2, 0.25) is 0 Å². The number of benzene rings is 4. The predicted octanol–water partition coefficient (Wildman–Crippen LogP) is 8.61. The summed E-state index contributed by atoms with van der Waals surface area (Å²) in [6.07, 6.45) is 1.42. The normalized spacial score (nSPS) is 11.3. The quantitative estimate of drug-likeness (QED) is 0.172. The molecule has 0 saturated heterocycles. The fourth-order valence-corrected chi connectivity index (χ4v) is 4.53. The summed E-state index contributed by atoms with van der Waals surface area (Å²) >= 11 is 12.7. The van der Waals surface area contributed by atoms with Crippen molar-refractivity contribution in [2.75, 3.05) is 16.4 Å². The van der Waals surface area contributed by atoms with E-state index in [0.717, 1.165) is 22.6 Å². The lowest BCUT2D eigenvalue weighted by Gasteiger charge is -2.17. The lowest BCUT2D eigenvalue weighted by molar-refractivity contribution is 0.483. The van der Waals surface area contributed by atoms with Gasteiger partial charge in [0.05, 0.1) is 12.0 Å². The molecule has 0 aliphatic rings. The molecule has 0 bridgehead atoms. The fourth-order valence-electron chi connectivity index (χ4n) is 4.13. The van der Waals surface area contributed by atoms with Gasteiger partial charge < -0.3 is 21.1 Å². The molecule has 1 aromatic heterocycles. The molecule has 0 radical (unpaired) electrons. The zero-order valence-corrected chi connectivity index (χ0v) is 22.9. The van der Waals surface area contributed by atoms with E-state index in [1.807, 2.05) is 79.7 Å². The Morgan fingerprint density at radius 1 is 0.850 bits per heavy atom. The van der Waals surface area contributed by atoms with Gasteiger partial charge in [0.15, 0.2) is 11.6 Å². The summed E-state index contributed by atoms with van der Waals surface area (Å²) in [6, 6.07) is 30.2. The Bertz CT molecular complexity index is 1670. The van der Waals surface area contributed by atoms with Crippen LogP contribution in [0.4, 0.5) is 28.7 Å². The number of nitrogens with one attached hydrogen (secondary N) is 2. The smallest absolute Gasteiger partial charge is 0.159 e. The maximum atomic E-state index is 9.89. The molecule has 198 valence electrons. The minimum absolute atomic E-state index is 0.336. The Morgan fingerprint density at radius 2 is 1.50 bits per heavy atom. The number of nitrogens with zero attached hydrogens (tertiary/aromatic N) is 3. The highest BCUT2D eigenvalue weighted by molar-refractivity contribution is 6.32. The summed E-state index contributed by atoms with van der Waals surface area (Å²) in [5.74, 6) is 1.79.